The maximum Gasteiger partial charge on any atom is 0.391 e. The molecule has 1 N–H and O–H groups in total. The molecule has 2 atom stereocenters. The van der Waals surface area contributed by atoms with Gasteiger partial charge in [-0.3, -0.25) is 0 Å². The van der Waals surface area contributed by atoms with Gasteiger partial charge in [-0.15, -0.1) is 0 Å². The van der Waals surface area contributed by atoms with Gasteiger partial charge in [0, 0.05) is 12.1 Å². The van der Waals surface area contributed by atoms with E-state index in [0.717, 1.165) is 19.3 Å². The second-order valence-corrected chi connectivity index (χ2v) is 8.88. The van der Waals surface area contributed by atoms with Gasteiger partial charge >= 0.3 is 6.18 Å². The van der Waals surface area contributed by atoms with Crippen molar-refractivity contribution in [1.29, 1.82) is 0 Å². The maximum absolute atomic E-state index is 12.9. The van der Waals surface area contributed by atoms with E-state index in [1.807, 2.05) is 0 Å². The van der Waals surface area contributed by atoms with Crippen LogP contribution in [0.4, 0.5) is 13.2 Å². The summed E-state index contributed by atoms with van der Waals surface area (Å²) in [6.45, 7) is 9.12. The van der Waals surface area contributed by atoms with E-state index >= 15 is 0 Å². The molecule has 2 rings (SSSR count). The first-order valence-electron chi connectivity index (χ1n) is 8.30. The fourth-order valence-electron chi connectivity index (χ4n) is 4.94. The zero-order valence-corrected chi connectivity index (χ0v) is 13.8. The lowest BCUT2D eigenvalue weighted by atomic mass is 9.63. The van der Waals surface area contributed by atoms with Crippen molar-refractivity contribution in [3.8, 4) is 0 Å². The molecule has 0 bridgehead atoms. The van der Waals surface area contributed by atoms with Gasteiger partial charge in [-0.05, 0) is 49.4 Å². The van der Waals surface area contributed by atoms with Gasteiger partial charge in [0.15, 0.2) is 0 Å². The summed E-state index contributed by atoms with van der Waals surface area (Å²) in [5.74, 6) is -1.10. The van der Waals surface area contributed by atoms with Gasteiger partial charge in [0.2, 0.25) is 0 Å². The molecule has 2 saturated carbocycles. The van der Waals surface area contributed by atoms with Crippen molar-refractivity contribution < 1.29 is 13.2 Å². The molecule has 0 aromatic heterocycles. The van der Waals surface area contributed by atoms with Crippen molar-refractivity contribution >= 4 is 0 Å². The molecule has 2 fully saturated rings. The van der Waals surface area contributed by atoms with Gasteiger partial charge in [-0.1, -0.05) is 34.1 Å². The highest BCUT2D eigenvalue weighted by Crippen LogP contribution is 2.46. The van der Waals surface area contributed by atoms with Gasteiger partial charge in [0.1, 0.15) is 0 Å². The van der Waals surface area contributed by atoms with Crippen molar-refractivity contribution in [2.24, 2.45) is 16.7 Å². The molecule has 1 nitrogen and oxygen atoms in total. The molecule has 0 aromatic carbocycles. The lowest BCUT2D eigenvalue weighted by Gasteiger charge is -2.46. The Kier molecular flexibility index (Phi) is 4.68. The SMILES string of the molecule is CC1(C)CC(NC2CCCC(C(F)(F)F)C2)CC(C)(C)C1. The van der Waals surface area contributed by atoms with Gasteiger partial charge in [-0.25, -0.2) is 0 Å². The monoisotopic (exact) mass is 305 g/mol. The van der Waals surface area contributed by atoms with Crippen LogP contribution in [0.15, 0.2) is 0 Å². The van der Waals surface area contributed by atoms with Crippen LogP contribution in [-0.2, 0) is 0 Å². The summed E-state index contributed by atoms with van der Waals surface area (Å²) < 4.78 is 38.7. The number of hydrogen-bond donors (Lipinski definition) is 1. The molecule has 0 amide bonds. The summed E-state index contributed by atoms with van der Waals surface area (Å²) in [6, 6.07) is 0.404. The minimum Gasteiger partial charge on any atom is -0.311 e. The lowest BCUT2D eigenvalue weighted by Crippen LogP contribution is -2.49. The highest BCUT2D eigenvalue weighted by atomic mass is 19.4. The van der Waals surface area contributed by atoms with Crippen molar-refractivity contribution in [1.82, 2.24) is 5.32 Å². The van der Waals surface area contributed by atoms with Crippen molar-refractivity contribution in [2.75, 3.05) is 0 Å². The Balaban J connectivity index is 1.95. The molecule has 4 heteroatoms. The minimum absolute atomic E-state index is 0.0417. The predicted molar refractivity (Wildman–Crippen MR) is 80.1 cm³/mol. The molecular formula is C17H30F3N. The molecule has 21 heavy (non-hydrogen) atoms. The maximum atomic E-state index is 12.9. The highest BCUT2D eigenvalue weighted by Gasteiger charge is 2.44. The Hall–Kier alpha value is -0.250. The largest absolute Gasteiger partial charge is 0.391 e. The Bertz CT molecular complexity index is 344. The quantitative estimate of drug-likeness (QED) is 0.729. The first-order valence-corrected chi connectivity index (χ1v) is 8.30. The molecule has 0 heterocycles. The van der Waals surface area contributed by atoms with Crippen LogP contribution in [0, 0.1) is 16.7 Å². The van der Waals surface area contributed by atoms with Crippen LogP contribution < -0.4 is 5.32 Å². The highest BCUT2D eigenvalue weighted by molar-refractivity contribution is 4.94. The lowest BCUT2D eigenvalue weighted by molar-refractivity contribution is -0.184. The van der Waals surface area contributed by atoms with Gasteiger partial charge in [-0.2, -0.15) is 13.2 Å². The predicted octanol–water partition coefficient (Wildman–Crippen LogP) is 5.30. The molecule has 2 unspecified atom stereocenters. The smallest absolute Gasteiger partial charge is 0.311 e. The van der Waals surface area contributed by atoms with Crippen LogP contribution in [0.3, 0.4) is 0 Å². The summed E-state index contributed by atoms with van der Waals surface area (Å²) in [5.41, 5.74) is 0.551. The molecular weight excluding hydrogens is 275 g/mol. The van der Waals surface area contributed by atoms with E-state index in [0.29, 0.717) is 18.9 Å². The molecule has 0 radical (unpaired) electrons. The van der Waals surface area contributed by atoms with E-state index in [4.69, 9.17) is 0 Å². The van der Waals surface area contributed by atoms with E-state index in [2.05, 4.69) is 33.0 Å². The zero-order valence-electron chi connectivity index (χ0n) is 13.8. The second kappa shape index (κ2) is 5.75. The molecule has 0 aliphatic heterocycles. The zero-order chi connectivity index (χ0) is 15.9. The molecule has 124 valence electrons. The van der Waals surface area contributed by atoms with E-state index in [1.165, 1.54) is 6.42 Å². The Morgan fingerprint density at radius 3 is 2.00 bits per heavy atom. The van der Waals surface area contributed by atoms with Crippen molar-refractivity contribution in [2.45, 2.75) is 90.9 Å². The van der Waals surface area contributed by atoms with Crippen LogP contribution in [0.25, 0.3) is 0 Å². The fraction of sp³-hybridized carbons (Fsp3) is 1.00. The molecule has 0 saturated heterocycles. The number of hydrogen-bond acceptors (Lipinski definition) is 1. The number of rotatable bonds is 2. The number of halogens is 3. The summed E-state index contributed by atoms with van der Waals surface area (Å²) >= 11 is 0. The first kappa shape index (κ1) is 17.1. The third-order valence-electron chi connectivity index (χ3n) is 5.16. The van der Waals surface area contributed by atoms with Crippen molar-refractivity contribution in [3.05, 3.63) is 0 Å². The number of nitrogens with one attached hydrogen (secondary N) is 1. The topological polar surface area (TPSA) is 12.0 Å². The summed E-state index contributed by atoms with van der Waals surface area (Å²) in [4.78, 5) is 0. The van der Waals surface area contributed by atoms with Gasteiger partial charge in [0.05, 0.1) is 5.92 Å². The molecule has 2 aliphatic rings. The number of alkyl halides is 3. The Labute approximate surface area is 127 Å². The summed E-state index contributed by atoms with van der Waals surface area (Å²) in [5, 5.41) is 3.57. The Morgan fingerprint density at radius 2 is 1.48 bits per heavy atom. The third-order valence-corrected chi connectivity index (χ3v) is 5.16. The van der Waals surface area contributed by atoms with E-state index in [-0.39, 0.29) is 23.3 Å². The van der Waals surface area contributed by atoms with Gasteiger partial charge in [0.25, 0.3) is 0 Å². The van der Waals surface area contributed by atoms with Crippen LogP contribution in [0.2, 0.25) is 0 Å². The molecule has 2 aliphatic carbocycles. The normalized spacial score (nSPS) is 33.9. The van der Waals surface area contributed by atoms with Crippen molar-refractivity contribution in [3.63, 3.8) is 0 Å². The van der Waals surface area contributed by atoms with Crippen LogP contribution in [0.1, 0.15) is 72.6 Å². The van der Waals surface area contributed by atoms with Gasteiger partial charge < -0.3 is 5.32 Å². The van der Waals surface area contributed by atoms with Crippen LogP contribution >= 0.6 is 0 Å². The van der Waals surface area contributed by atoms with Crippen LogP contribution in [0.5, 0.6) is 0 Å². The standard InChI is InChI=1S/C17H30F3N/c1-15(2)9-14(10-16(3,4)11-15)21-13-7-5-6-12(8-13)17(18,19)20/h12-14,21H,5-11H2,1-4H3. The average Bonchev–Trinajstić information content (AvgIpc) is 2.23. The van der Waals surface area contributed by atoms with E-state index in [9.17, 15) is 13.2 Å². The first-order chi connectivity index (χ1) is 9.47. The Morgan fingerprint density at radius 1 is 0.905 bits per heavy atom. The van der Waals surface area contributed by atoms with E-state index < -0.39 is 12.1 Å². The molecule has 0 aromatic rings. The van der Waals surface area contributed by atoms with E-state index in [1.54, 1.807) is 0 Å². The fourth-order valence-corrected chi connectivity index (χ4v) is 4.94. The average molecular weight is 305 g/mol. The molecule has 0 spiro atoms. The van der Waals surface area contributed by atoms with Crippen LogP contribution in [-0.4, -0.2) is 18.3 Å². The third kappa shape index (κ3) is 4.87. The minimum atomic E-state index is -4.02. The second-order valence-electron chi connectivity index (χ2n) is 8.88. The summed E-state index contributed by atoms with van der Waals surface area (Å²) in [7, 11) is 0. The summed E-state index contributed by atoms with van der Waals surface area (Å²) in [6.07, 6.45) is 1.47.